The molecule has 0 aliphatic carbocycles. The van der Waals surface area contributed by atoms with E-state index in [1.54, 1.807) is 48.7 Å². The largest absolute Gasteiger partial charge is 0.488 e. The van der Waals surface area contributed by atoms with E-state index in [0.29, 0.717) is 11.4 Å². The first-order valence-electron chi connectivity index (χ1n) is 8.81. The van der Waals surface area contributed by atoms with Gasteiger partial charge < -0.3 is 14.2 Å². The zero-order chi connectivity index (χ0) is 20.6. The van der Waals surface area contributed by atoms with Crippen LogP contribution in [-0.2, 0) is 22.7 Å². The summed E-state index contributed by atoms with van der Waals surface area (Å²) in [6, 6.07) is 12.6. The van der Waals surface area contributed by atoms with E-state index >= 15 is 0 Å². The summed E-state index contributed by atoms with van der Waals surface area (Å²) in [7, 11) is 0. The minimum atomic E-state index is -0.578. The number of hydrogen-bond donors (Lipinski definition) is 0. The molecule has 2 aromatic carbocycles. The molecule has 0 saturated carbocycles. The number of hydrogen-bond acceptors (Lipinski definition) is 7. The van der Waals surface area contributed by atoms with Gasteiger partial charge in [-0.3, -0.25) is 0 Å². The maximum absolute atomic E-state index is 13.0. The van der Waals surface area contributed by atoms with Gasteiger partial charge in [-0.15, -0.1) is 11.3 Å². The highest BCUT2D eigenvalue weighted by atomic mass is 32.1. The molecule has 0 aliphatic heterocycles. The fourth-order valence-electron chi connectivity index (χ4n) is 2.38. The van der Waals surface area contributed by atoms with Crippen LogP contribution in [0.15, 0.2) is 53.9 Å². The molecule has 0 spiro atoms. The third-order valence-electron chi connectivity index (χ3n) is 3.77. The van der Waals surface area contributed by atoms with Crippen molar-refractivity contribution in [1.29, 1.82) is 0 Å². The molecule has 0 radical (unpaired) electrons. The van der Waals surface area contributed by atoms with Crippen LogP contribution in [0.4, 0.5) is 4.39 Å². The third-order valence-corrected chi connectivity index (χ3v) is 4.64. The summed E-state index contributed by atoms with van der Waals surface area (Å²) in [5, 5.41) is 1.84. The Morgan fingerprint density at radius 1 is 1.00 bits per heavy atom. The molecule has 0 N–H and O–H groups in total. The van der Waals surface area contributed by atoms with Crippen LogP contribution in [0.25, 0.3) is 0 Å². The molecule has 3 aromatic rings. The van der Waals surface area contributed by atoms with Gasteiger partial charge in [0.25, 0.3) is 0 Å². The number of benzene rings is 2. The molecule has 1 heterocycles. The van der Waals surface area contributed by atoms with Gasteiger partial charge in [0.05, 0.1) is 12.3 Å². The average Bonchev–Trinajstić information content (AvgIpc) is 3.21. The first-order chi connectivity index (χ1) is 14.1. The van der Waals surface area contributed by atoms with Gasteiger partial charge in [-0.25, -0.2) is 19.0 Å². The molecule has 8 heteroatoms. The van der Waals surface area contributed by atoms with Crippen molar-refractivity contribution in [2.75, 3.05) is 6.61 Å². The fraction of sp³-hybridized carbons (Fsp3) is 0.190. The molecule has 0 amide bonds. The van der Waals surface area contributed by atoms with Crippen LogP contribution in [0.3, 0.4) is 0 Å². The predicted octanol–water partition coefficient (Wildman–Crippen LogP) is 4.39. The monoisotopic (exact) mass is 415 g/mol. The predicted molar refractivity (Wildman–Crippen MR) is 104 cm³/mol. The standard InChI is InChI=1S/C21H18FNO5S/c1-2-26-21(25)19-23-16(13-29-19)12-28-20(24)17-5-3-4-6-18(17)27-11-14-7-9-15(22)10-8-14/h3-10,13H,2,11-12H2,1H3. The van der Waals surface area contributed by atoms with Crippen LogP contribution in [0.2, 0.25) is 0 Å². The fourth-order valence-corrected chi connectivity index (χ4v) is 3.07. The van der Waals surface area contributed by atoms with Gasteiger partial charge in [-0.2, -0.15) is 0 Å². The Morgan fingerprint density at radius 3 is 2.52 bits per heavy atom. The van der Waals surface area contributed by atoms with Crippen LogP contribution < -0.4 is 4.74 Å². The zero-order valence-electron chi connectivity index (χ0n) is 15.6. The maximum atomic E-state index is 13.0. The number of nitrogens with zero attached hydrogens (tertiary/aromatic N) is 1. The van der Waals surface area contributed by atoms with Crippen molar-refractivity contribution < 1.29 is 28.2 Å². The summed E-state index contributed by atoms with van der Waals surface area (Å²) in [6.45, 7) is 2.07. The van der Waals surface area contributed by atoms with Crippen LogP contribution in [0.5, 0.6) is 5.75 Å². The molecule has 0 atom stereocenters. The van der Waals surface area contributed by atoms with Gasteiger partial charge in [-0.05, 0) is 36.8 Å². The van der Waals surface area contributed by atoms with E-state index in [9.17, 15) is 14.0 Å². The summed E-state index contributed by atoms with van der Waals surface area (Å²) in [5.41, 5.74) is 1.48. The van der Waals surface area contributed by atoms with Gasteiger partial charge >= 0.3 is 11.9 Å². The number of halogens is 1. The van der Waals surface area contributed by atoms with Gasteiger partial charge in [0.15, 0.2) is 0 Å². The van der Waals surface area contributed by atoms with Crippen molar-refractivity contribution in [3.8, 4) is 5.75 Å². The number of aromatic nitrogens is 1. The highest BCUT2D eigenvalue weighted by Gasteiger charge is 2.16. The van der Waals surface area contributed by atoms with Crippen LogP contribution in [0, 0.1) is 5.82 Å². The first kappa shape index (κ1) is 20.5. The first-order valence-corrected chi connectivity index (χ1v) is 9.69. The van der Waals surface area contributed by atoms with E-state index in [0.717, 1.165) is 16.9 Å². The second-order valence-corrected chi connectivity index (χ2v) is 6.71. The molecule has 29 heavy (non-hydrogen) atoms. The summed E-state index contributed by atoms with van der Waals surface area (Å²) < 4.78 is 28.9. The zero-order valence-corrected chi connectivity index (χ0v) is 16.4. The molecule has 0 bridgehead atoms. The molecule has 150 valence electrons. The maximum Gasteiger partial charge on any atom is 0.367 e. The molecule has 0 unspecified atom stereocenters. The minimum Gasteiger partial charge on any atom is -0.488 e. The minimum absolute atomic E-state index is 0.0823. The Bertz CT molecular complexity index is 987. The van der Waals surface area contributed by atoms with Crippen LogP contribution >= 0.6 is 11.3 Å². The Labute approximate surface area is 170 Å². The molecular formula is C21H18FNO5S. The average molecular weight is 415 g/mol. The molecule has 0 saturated heterocycles. The number of carbonyl (C=O) groups is 2. The number of para-hydroxylation sites is 1. The van der Waals surface area contributed by atoms with E-state index in [1.807, 2.05) is 0 Å². The Kier molecular flexibility index (Phi) is 6.91. The Balaban J connectivity index is 1.61. The molecule has 1 aromatic heterocycles. The van der Waals surface area contributed by atoms with Crippen molar-refractivity contribution in [2.45, 2.75) is 20.1 Å². The van der Waals surface area contributed by atoms with Crippen LogP contribution in [0.1, 0.15) is 38.3 Å². The molecular weight excluding hydrogens is 397 g/mol. The topological polar surface area (TPSA) is 74.7 Å². The van der Waals surface area contributed by atoms with Crippen molar-refractivity contribution in [2.24, 2.45) is 0 Å². The SMILES string of the molecule is CCOC(=O)c1nc(COC(=O)c2ccccc2OCc2ccc(F)cc2)cs1. The van der Waals surface area contributed by atoms with Crippen molar-refractivity contribution >= 4 is 23.3 Å². The Morgan fingerprint density at radius 2 is 1.76 bits per heavy atom. The highest BCUT2D eigenvalue weighted by Crippen LogP contribution is 2.21. The second kappa shape index (κ2) is 9.79. The summed E-state index contributed by atoms with van der Waals surface area (Å²) in [4.78, 5) is 28.2. The van der Waals surface area contributed by atoms with Gasteiger partial charge in [0.2, 0.25) is 5.01 Å². The highest BCUT2D eigenvalue weighted by molar-refractivity contribution is 7.11. The number of carbonyl (C=O) groups excluding carboxylic acids is 2. The Hall–Kier alpha value is -3.26. The lowest BCUT2D eigenvalue weighted by atomic mass is 10.2. The number of ether oxygens (including phenoxy) is 3. The van der Waals surface area contributed by atoms with Crippen LogP contribution in [-0.4, -0.2) is 23.5 Å². The van der Waals surface area contributed by atoms with Gasteiger partial charge in [0.1, 0.15) is 30.3 Å². The molecule has 0 fully saturated rings. The summed E-state index contributed by atoms with van der Waals surface area (Å²) in [5.74, 6) is -1.06. The summed E-state index contributed by atoms with van der Waals surface area (Å²) in [6.07, 6.45) is 0. The number of rotatable bonds is 8. The quantitative estimate of drug-likeness (QED) is 0.508. The van der Waals surface area contributed by atoms with Crippen molar-refractivity contribution in [3.05, 3.63) is 81.6 Å². The lowest BCUT2D eigenvalue weighted by molar-refractivity contribution is 0.0463. The molecule has 0 aliphatic rings. The van der Waals surface area contributed by atoms with E-state index in [4.69, 9.17) is 14.2 Å². The smallest absolute Gasteiger partial charge is 0.367 e. The molecule has 3 rings (SSSR count). The van der Waals surface area contributed by atoms with Gasteiger partial charge in [0, 0.05) is 5.38 Å². The summed E-state index contributed by atoms with van der Waals surface area (Å²) >= 11 is 1.13. The normalized spacial score (nSPS) is 10.4. The van der Waals surface area contributed by atoms with E-state index in [1.165, 1.54) is 12.1 Å². The van der Waals surface area contributed by atoms with Crippen molar-refractivity contribution in [3.63, 3.8) is 0 Å². The van der Waals surface area contributed by atoms with Gasteiger partial charge in [-0.1, -0.05) is 24.3 Å². The van der Waals surface area contributed by atoms with E-state index in [2.05, 4.69) is 4.98 Å². The lowest BCUT2D eigenvalue weighted by Crippen LogP contribution is -2.09. The number of thiazole rings is 1. The lowest BCUT2D eigenvalue weighted by Gasteiger charge is -2.11. The number of esters is 2. The van der Waals surface area contributed by atoms with Crippen molar-refractivity contribution in [1.82, 2.24) is 4.98 Å². The third kappa shape index (κ3) is 5.61. The molecule has 6 nitrogen and oxygen atoms in total. The van der Waals surface area contributed by atoms with E-state index in [-0.39, 0.29) is 36.2 Å². The van der Waals surface area contributed by atoms with E-state index < -0.39 is 11.9 Å². The second-order valence-electron chi connectivity index (χ2n) is 5.85.